The van der Waals surface area contributed by atoms with Crippen LogP contribution in [0.5, 0.6) is 0 Å². The van der Waals surface area contributed by atoms with Gasteiger partial charge in [0.1, 0.15) is 5.01 Å². The summed E-state index contributed by atoms with van der Waals surface area (Å²) >= 11 is 1.45. The third kappa shape index (κ3) is 4.61. The van der Waals surface area contributed by atoms with Gasteiger partial charge in [0.2, 0.25) is 10.0 Å². The van der Waals surface area contributed by atoms with E-state index in [0.717, 1.165) is 16.3 Å². The van der Waals surface area contributed by atoms with E-state index in [9.17, 15) is 13.2 Å². The number of carbonyl (C=O) groups excluding carboxylic acids is 1. The minimum absolute atomic E-state index is 0.0688. The Kier molecular flexibility index (Phi) is 6.18. The molecule has 0 unspecified atom stereocenters. The molecule has 0 bridgehead atoms. The van der Waals surface area contributed by atoms with E-state index in [4.69, 9.17) is 0 Å². The average Bonchev–Trinajstić information content (AvgIpc) is 3.16. The van der Waals surface area contributed by atoms with Crippen molar-refractivity contribution in [3.8, 4) is 11.3 Å². The first-order valence-corrected chi connectivity index (χ1v) is 11.0. The quantitative estimate of drug-likeness (QED) is 0.617. The standard InChI is InChI=1S/C19H20N4O3S2/c1-3-22-28(25,26)15-5-4-13(2)16(10-15)19(24)21-11-18-23-17(12-27-18)14-6-8-20-9-7-14/h4-10,12,22H,3,11H2,1-2H3,(H,21,24). The molecule has 7 nitrogen and oxygen atoms in total. The number of amides is 1. The minimum atomic E-state index is -3.62. The molecule has 0 aliphatic carbocycles. The van der Waals surface area contributed by atoms with Crippen LogP contribution in [0, 0.1) is 6.92 Å². The zero-order valence-electron chi connectivity index (χ0n) is 15.5. The van der Waals surface area contributed by atoms with Crippen molar-refractivity contribution in [2.24, 2.45) is 0 Å². The van der Waals surface area contributed by atoms with Gasteiger partial charge in [0.05, 0.1) is 17.1 Å². The molecule has 0 fully saturated rings. The van der Waals surface area contributed by atoms with E-state index in [1.54, 1.807) is 32.3 Å². The van der Waals surface area contributed by atoms with Gasteiger partial charge in [-0.2, -0.15) is 0 Å². The van der Waals surface area contributed by atoms with E-state index < -0.39 is 10.0 Å². The Labute approximate surface area is 167 Å². The van der Waals surface area contributed by atoms with Gasteiger partial charge in [-0.15, -0.1) is 11.3 Å². The van der Waals surface area contributed by atoms with Crippen LogP contribution in [-0.2, 0) is 16.6 Å². The molecule has 9 heteroatoms. The van der Waals surface area contributed by atoms with E-state index in [0.29, 0.717) is 11.1 Å². The van der Waals surface area contributed by atoms with Crippen molar-refractivity contribution < 1.29 is 13.2 Å². The molecular formula is C19H20N4O3S2. The summed E-state index contributed by atoms with van der Waals surface area (Å²) in [6, 6.07) is 8.26. The van der Waals surface area contributed by atoms with Crippen molar-refractivity contribution in [3.05, 3.63) is 64.2 Å². The number of sulfonamides is 1. The molecule has 0 saturated heterocycles. The van der Waals surface area contributed by atoms with E-state index in [1.807, 2.05) is 17.5 Å². The molecule has 0 spiro atoms. The fourth-order valence-corrected chi connectivity index (χ4v) is 4.39. The van der Waals surface area contributed by atoms with Crippen LogP contribution in [0.25, 0.3) is 11.3 Å². The van der Waals surface area contributed by atoms with Gasteiger partial charge in [-0.1, -0.05) is 13.0 Å². The summed E-state index contributed by atoms with van der Waals surface area (Å²) in [7, 11) is -3.62. The Morgan fingerprint density at radius 3 is 2.64 bits per heavy atom. The highest BCUT2D eigenvalue weighted by atomic mass is 32.2. The Hall–Kier alpha value is -2.62. The average molecular weight is 417 g/mol. The van der Waals surface area contributed by atoms with Gasteiger partial charge in [-0.25, -0.2) is 18.1 Å². The van der Waals surface area contributed by atoms with Crippen LogP contribution >= 0.6 is 11.3 Å². The minimum Gasteiger partial charge on any atom is -0.346 e. The van der Waals surface area contributed by atoms with Crippen LogP contribution < -0.4 is 10.0 Å². The van der Waals surface area contributed by atoms with Gasteiger partial charge in [-0.05, 0) is 36.8 Å². The summed E-state index contributed by atoms with van der Waals surface area (Å²) in [5, 5.41) is 5.49. The maximum Gasteiger partial charge on any atom is 0.251 e. The normalized spacial score (nSPS) is 11.4. The second kappa shape index (κ2) is 8.59. The lowest BCUT2D eigenvalue weighted by molar-refractivity contribution is 0.0950. The van der Waals surface area contributed by atoms with Crippen molar-refractivity contribution in [2.45, 2.75) is 25.3 Å². The molecule has 3 rings (SSSR count). The van der Waals surface area contributed by atoms with Crippen LogP contribution in [0.3, 0.4) is 0 Å². The smallest absolute Gasteiger partial charge is 0.251 e. The number of hydrogen-bond donors (Lipinski definition) is 2. The van der Waals surface area contributed by atoms with Crippen LogP contribution in [0.15, 0.2) is 53.0 Å². The largest absolute Gasteiger partial charge is 0.346 e. The lowest BCUT2D eigenvalue weighted by atomic mass is 10.1. The first-order chi connectivity index (χ1) is 13.4. The first-order valence-electron chi connectivity index (χ1n) is 8.64. The van der Waals surface area contributed by atoms with Gasteiger partial charge in [0.25, 0.3) is 5.91 Å². The highest BCUT2D eigenvalue weighted by Crippen LogP contribution is 2.21. The second-order valence-electron chi connectivity index (χ2n) is 6.02. The number of pyridine rings is 1. The molecule has 2 N–H and O–H groups in total. The molecule has 28 heavy (non-hydrogen) atoms. The number of nitrogens with zero attached hydrogens (tertiary/aromatic N) is 2. The molecule has 146 valence electrons. The summed E-state index contributed by atoms with van der Waals surface area (Å²) in [6.45, 7) is 4.01. The van der Waals surface area contributed by atoms with Crippen molar-refractivity contribution >= 4 is 27.3 Å². The monoisotopic (exact) mass is 416 g/mol. The molecule has 0 atom stereocenters. The van der Waals surface area contributed by atoms with Crippen molar-refractivity contribution in [2.75, 3.05) is 6.54 Å². The summed E-state index contributed by atoms with van der Waals surface area (Å²) in [6.07, 6.45) is 3.40. The molecule has 0 radical (unpaired) electrons. The lowest BCUT2D eigenvalue weighted by Gasteiger charge is -2.10. The topological polar surface area (TPSA) is 101 Å². The Bertz CT molecular complexity index is 1080. The summed E-state index contributed by atoms with van der Waals surface area (Å²) < 4.78 is 26.8. The molecule has 2 aromatic heterocycles. The van der Waals surface area contributed by atoms with E-state index in [2.05, 4.69) is 20.0 Å². The molecule has 1 amide bonds. The summed E-state index contributed by atoms with van der Waals surface area (Å²) in [5.74, 6) is -0.341. The number of nitrogens with one attached hydrogen (secondary N) is 2. The molecule has 3 aromatic rings. The number of carbonyl (C=O) groups is 1. The summed E-state index contributed by atoms with van der Waals surface area (Å²) in [5.41, 5.74) is 2.81. The number of hydrogen-bond acceptors (Lipinski definition) is 6. The van der Waals surface area contributed by atoms with Gasteiger partial charge in [-0.3, -0.25) is 9.78 Å². The fourth-order valence-electron chi connectivity index (χ4n) is 2.58. The molecule has 0 aliphatic heterocycles. The predicted molar refractivity (Wildman–Crippen MR) is 109 cm³/mol. The molecule has 1 aromatic carbocycles. The number of aryl methyl sites for hydroxylation is 1. The number of aromatic nitrogens is 2. The van der Waals surface area contributed by atoms with E-state index >= 15 is 0 Å². The predicted octanol–water partition coefficient (Wildman–Crippen LogP) is 2.74. The molecule has 2 heterocycles. The number of rotatable bonds is 7. The van der Waals surface area contributed by atoms with Gasteiger partial charge < -0.3 is 5.32 Å². The van der Waals surface area contributed by atoms with Gasteiger partial charge in [0, 0.05) is 35.4 Å². The van der Waals surface area contributed by atoms with Crippen LogP contribution in [-0.4, -0.2) is 30.8 Å². The van der Waals surface area contributed by atoms with Crippen molar-refractivity contribution in [1.82, 2.24) is 20.0 Å². The maximum absolute atomic E-state index is 12.6. The molecule has 0 aliphatic rings. The number of benzene rings is 1. The van der Waals surface area contributed by atoms with Crippen LogP contribution in [0.1, 0.15) is 27.9 Å². The van der Waals surface area contributed by atoms with Gasteiger partial charge >= 0.3 is 0 Å². The van der Waals surface area contributed by atoms with Crippen molar-refractivity contribution in [3.63, 3.8) is 0 Å². The SMILES string of the molecule is CCNS(=O)(=O)c1ccc(C)c(C(=O)NCc2nc(-c3ccncc3)cs2)c1. The highest BCUT2D eigenvalue weighted by Gasteiger charge is 2.17. The molecular weight excluding hydrogens is 396 g/mol. The zero-order valence-corrected chi connectivity index (χ0v) is 17.1. The van der Waals surface area contributed by atoms with E-state index in [-0.39, 0.29) is 23.9 Å². The van der Waals surface area contributed by atoms with Crippen LogP contribution in [0.4, 0.5) is 0 Å². The molecule has 0 saturated carbocycles. The number of thiazole rings is 1. The first kappa shape index (κ1) is 20.1. The van der Waals surface area contributed by atoms with Crippen LogP contribution in [0.2, 0.25) is 0 Å². The Balaban J connectivity index is 1.73. The second-order valence-corrected chi connectivity index (χ2v) is 8.73. The van der Waals surface area contributed by atoms with E-state index in [1.165, 1.54) is 23.5 Å². The lowest BCUT2D eigenvalue weighted by Crippen LogP contribution is -2.26. The zero-order chi connectivity index (χ0) is 20.1. The van der Waals surface area contributed by atoms with Crippen molar-refractivity contribution in [1.29, 1.82) is 0 Å². The van der Waals surface area contributed by atoms with Gasteiger partial charge in [0.15, 0.2) is 0 Å². The summed E-state index contributed by atoms with van der Waals surface area (Å²) in [4.78, 5) is 21.2. The fraction of sp³-hybridized carbons (Fsp3) is 0.211. The Morgan fingerprint density at radius 2 is 1.93 bits per heavy atom. The Morgan fingerprint density at radius 1 is 1.18 bits per heavy atom. The third-order valence-electron chi connectivity index (χ3n) is 4.03. The highest BCUT2D eigenvalue weighted by molar-refractivity contribution is 7.89. The third-order valence-corrected chi connectivity index (χ3v) is 6.42. The maximum atomic E-state index is 12.6.